The molecule has 0 saturated carbocycles. The quantitative estimate of drug-likeness (QED) is 0.769. The highest BCUT2D eigenvalue weighted by Gasteiger charge is 2.70. The number of fused-ring (bicyclic) bond motifs is 1. The molecule has 3 rings (SSSR count). The van der Waals surface area contributed by atoms with E-state index >= 15 is 0 Å². The van der Waals surface area contributed by atoms with Gasteiger partial charge in [0, 0.05) is 6.20 Å². The number of rotatable bonds is 3. The lowest BCUT2D eigenvalue weighted by molar-refractivity contribution is -0.243. The maximum atomic E-state index is 12.3. The third-order valence-electron chi connectivity index (χ3n) is 4.86. The molecule has 23 heavy (non-hydrogen) atoms. The van der Waals surface area contributed by atoms with Crippen LogP contribution in [0.2, 0.25) is 0 Å². The summed E-state index contributed by atoms with van der Waals surface area (Å²) in [5.41, 5.74) is -1.90. The lowest BCUT2D eigenvalue weighted by Gasteiger charge is -2.37. The number of allylic oxidation sites excluding steroid dienone is 1. The van der Waals surface area contributed by atoms with Crippen LogP contribution >= 0.6 is 0 Å². The third-order valence-corrected chi connectivity index (χ3v) is 4.86. The van der Waals surface area contributed by atoms with Crippen LogP contribution in [-0.2, 0) is 23.8 Å². The number of aliphatic hydroxyl groups is 1. The molecular weight excluding hydrogens is 302 g/mol. The molecule has 0 aromatic rings. The third kappa shape index (κ3) is 2.34. The number of carbonyl (C=O) groups excluding carboxylic acids is 2. The van der Waals surface area contributed by atoms with E-state index in [4.69, 9.17) is 14.2 Å². The summed E-state index contributed by atoms with van der Waals surface area (Å²) in [7, 11) is 0. The second-order valence-corrected chi connectivity index (χ2v) is 6.99. The van der Waals surface area contributed by atoms with E-state index in [1.807, 2.05) is 13.8 Å². The van der Waals surface area contributed by atoms with Crippen LogP contribution in [0.25, 0.3) is 0 Å². The molecule has 0 spiro atoms. The maximum Gasteiger partial charge on any atom is 0.236 e. The Labute approximate surface area is 135 Å². The monoisotopic (exact) mass is 325 g/mol. The Balaban J connectivity index is 2.03. The molecule has 0 radical (unpaired) electrons. The topological polar surface area (TPSA) is 85.3 Å². The smallest absolute Gasteiger partial charge is 0.236 e. The van der Waals surface area contributed by atoms with E-state index in [-0.39, 0.29) is 24.7 Å². The number of amides is 1. The van der Waals surface area contributed by atoms with Gasteiger partial charge in [-0.05, 0) is 33.3 Å². The number of hydrogen-bond donors (Lipinski definition) is 1. The maximum absolute atomic E-state index is 12.3. The Morgan fingerprint density at radius 1 is 1.30 bits per heavy atom. The average Bonchev–Trinajstić information content (AvgIpc) is 2.84. The van der Waals surface area contributed by atoms with Gasteiger partial charge in [-0.3, -0.25) is 14.5 Å². The lowest BCUT2D eigenvalue weighted by Crippen LogP contribution is -2.54. The Morgan fingerprint density at radius 2 is 2.00 bits per heavy atom. The molecule has 3 heterocycles. The number of aliphatic hydroxyl groups excluding tert-OH is 1. The van der Waals surface area contributed by atoms with Crippen LogP contribution in [0.5, 0.6) is 0 Å². The molecule has 1 N–H and O–H groups in total. The van der Waals surface area contributed by atoms with Crippen molar-refractivity contribution in [1.82, 2.24) is 4.90 Å². The van der Waals surface area contributed by atoms with Gasteiger partial charge in [0.05, 0.1) is 13.0 Å². The summed E-state index contributed by atoms with van der Waals surface area (Å²) < 4.78 is 18.2. The van der Waals surface area contributed by atoms with Crippen molar-refractivity contribution in [3.63, 3.8) is 0 Å². The van der Waals surface area contributed by atoms with E-state index < -0.39 is 29.3 Å². The Bertz CT molecular complexity index is 567. The second-order valence-electron chi connectivity index (χ2n) is 6.99. The molecule has 128 valence electrons. The number of nitrogens with zero attached hydrogens (tertiary/aromatic N) is 1. The van der Waals surface area contributed by atoms with Crippen LogP contribution in [0.15, 0.2) is 12.3 Å². The van der Waals surface area contributed by atoms with Gasteiger partial charge in [0.25, 0.3) is 0 Å². The summed E-state index contributed by atoms with van der Waals surface area (Å²) in [6.07, 6.45) is 1.81. The van der Waals surface area contributed by atoms with Gasteiger partial charge < -0.3 is 19.3 Å². The minimum atomic E-state index is -0.956. The van der Waals surface area contributed by atoms with Crippen LogP contribution in [0.3, 0.4) is 0 Å². The molecule has 0 aromatic heterocycles. The van der Waals surface area contributed by atoms with E-state index in [1.165, 1.54) is 17.2 Å². The Kier molecular flexibility index (Phi) is 3.68. The molecule has 2 saturated heterocycles. The zero-order chi connectivity index (χ0) is 17.0. The fourth-order valence-corrected chi connectivity index (χ4v) is 3.81. The van der Waals surface area contributed by atoms with Crippen molar-refractivity contribution in [3.05, 3.63) is 12.3 Å². The number of ketones is 1. The summed E-state index contributed by atoms with van der Waals surface area (Å²) in [4.78, 5) is 25.1. The SMILES string of the molecule is CC[C@@]1(CO)O[C@@H](N2C=CC(=O)CC2=O)[C@]2(C)OC(C)(C)O[C@H]12. The standard InChI is InChI=1S/C16H23NO6/c1-5-16(9-18)12-15(4,23-14(2,3)21-12)13(22-16)17-7-6-10(19)8-11(17)20/h6-7,12-13,18H,5,8-9H2,1-4H3/t12-,13+,15+,16-/m0/s1. The van der Waals surface area contributed by atoms with Gasteiger partial charge in [-0.1, -0.05) is 6.92 Å². The molecule has 4 atom stereocenters. The molecular formula is C16H23NO6. The largest absolute Gasteiger partial charge is 0.393 e. The van der Waals surface area contributed by atoms with Gasteiger partial charge in [0.1, 0.15) is 17.3 Å². The predicted octanol–water partition coefficient (Wildman–Crippen LogP) is 0.709. The Morgan fingerprint density at radius 3 is 2.57 bits per heavy atom. The number of hydrogen-bond acceptors (Lipinski definition) is 6. The number of ether oxygens (including phenoxy) is 3. The van der Waals surface area contributed by atoms with Gasteiger partial charge in [-0.25, -0.2) is 0 Å². The lowest BCUT2D eigenvalue weighted by atomic mass is 9.85. The molecule has 2 fully saturated rings. The Hall–Kier alpha value is -1.28. The van der Waals surface area contributed by atoms with Gasteiger partial charge in [-0.15, -0.1) is 0 Å². The highest BCUT2D eigenvalue weighted by molar-refractivity contribution is 6.06. The average molecular weight is 325 g/mol. The van der Waals surface area contributed by atoms with Crippen molar-refractivity contribution in [1.29, 1.82) is 0 Å². The molecule has 0 aliphatic carbocycles. The van der Waals surface area contributed by atoms with Gasteiger partial charge in [0.2, 0.25) is 5.91 Å². The van der Waals surface area contributed by atoms with Crippen molar-refractivity contribution in [2.45, 2.75) is 69.9 Å². The first-order valence-corrected chi connectivity index (χ1v) is 7.86. The van der Waals surface area contributed by atoms with Crippen molar-refractivity contribution >= 4 is 11.7 Å². The van der Waals surface area contributed by atoms with E-state index in [0.717, 1.165) is 0 Å². The van der Waals surface area contributed by atoms with Crippen molar-refractivity contribution in [3.8, 4) is 0 Å². The van der Waals surface area contributed by atoms with E-state index in [1.54, 1.807) is 13.8 Å². The highest BCUT2D eigenvalue weighted by Crippen LogP contribution is 2.53. The summed E-state index contributed by atoms with van der Waals surface area (Å²) >= 11 is 0. The summed E-state index contributed by atoms with van der Waals surface area (Å²) in [6, 6.07) is 0. The zero-order valence-electron chi connectivity index (χ0n) is 13.9. The normalized spacial score (nSPS) is 42.4. The molecule has 3 aliphatic rings. The number of carbonyl (C=O) groups is 2. The van der Waals surface area contributed by atoms with Crippen LogP contribution in [0, 0.1) is 0 Å². The highest BCUT2D eigenvalue weighted by atomic mass is 16.8. The molecule has 0 unspecified atom stereocenters. The fourth-order valence-electron chi connectivity index (χ4n) is 3.81. The first kappa shape index (κ1) is 16.6. The minimum Gasteiger partial charge on any atom is -0.393 e. The van der Waals surface area contributed by atoms with Crippen molar-refractivity contribution < 1.29 is 28.9 Å². The first-order valence-electron chi connectivity index (χ1n) is 7.86. The predicted molar refractivity (Wildman–Crippen MR) is 79.0 cm³/mol. The van der Waals surface area contributed by atoms with Gasteiger partial charge in [-0.2, -0.15) is 0 Å². The summed E-state index contributed by atoms with van der Waals surface area (Å²) in [6.45, 7) is 7.06. The molecule has 7 heteroatoms. The first-order chi connectivity index (χ1) is 10.7. The van der Waals surface area contributed by atoms with E-state index in [2.05, 4.69) is 0 Å². The van der Waals surface area contributed by atoms with Crippen LogP contribution in [0.4, 0.5) is 0 Å². The van der Waals surface area contributed by atoms with E-state index in [0.29, 0.717) is 6.42 Å². The zero-order valence-corrected chi connectivity index (χ0v) is 13.9. The molecule has 0 aromatic carbocycles. The molecule has 3 aliphatic heterocycles. The summed E-state index contributed by atoms with van der Waals surface area (Å²) in [5, 5.41) is 9.94. The van der Waals surface area contributed by atoms with E-state index in [9.17, 15) is 14.7 Å². The second kappa shape index (κ2) is 5.11. The molecule has 1 amide bonds. The van der Waals surface area contributed by atoms with Crippen LogP contribution < -0.4 is 0 Å². The van der Waals surface area contributed by atoms with Crippen LogP contribution in [-0.4, -0.2) is 57.6 Å². The van der Waals surface area contributed by atoms with Gasteiger partial charge >= 0.3 is 0 Å². The van der Waals surface area contributed by atoms with Gasteiger partial charge in [0.15, 0.2) is 17.8 Å². The van der Waals surface area contributed by atoms with Crippen molar-refractivity contribution in [2.24, 2.45) is 0 Å². The summed E-state index contributed by atoms with van der Waals surface area (Å²) in [5.74, 6) is -1.44. The van der Waals surface area contributed by atoms with Crippen molar-refractivity contribution in [2.75, 3.05) is 6.61 Å². The minimum absolute atomic E-state index is 0.195. The molecule has 0 bridgehead atoms. The van der Waals surface area contributed by atoms with Crippen LogP contribution in [0.1, 0.15) is 40.5 Å². The fraction of sp³-hybridized carbons (Fsp3) is 0.750. The molecule has 7 nitrogen and oxygen atoms in total.